The average molecular weight is 281 g/mol. The molecule has 0 N–H and O–H groups in total. The maximum absolute atomic E-state index is 12.2. The van der Waals surface area contributed by atoms with Crippen LogP contribution in [-0.4, -0.2) is 36.5 Å². The van der Waals surface area contributed by atoms with Crippen molar-refractivity contribution in [2.24, 2.45) is 5.92 Å². The molecule has 0 saturated carbocycles. The number of likely N-dealkylation sites (tertiary alicyclic amines) is 1. The molecule has 0 radical (unpaired) electrons. The van der Waals surface area contributed by atoms with Gasteiger partial charge in [-0.3, -0.25) is 9.59 Å². The third-order valence-corrected chi connectivity index (χ3v) is 4.23. The molecule has 5 heteroatoms. The van der Waals surface area contributed by atoms with Crippen molar-refractivity contribution < 1.29 is 14.3 Å². The Labute approximate surface area is 117 Å². The molecule has 1 aliphatic rings. The van der Waals surface area contributed by atoms with E-state index in [0.717, 1.165) is 24.3 Å². The molecule has 1 unspecified atom stereocenters. The second-order valence-corrected chi connectivity index (χ2v) is 5.60. The Balaban J connectivity index is 1.93. The third-order valence-electron chi connectivity index (χ3n) is 3.37. The molecule has 4 nitrogen and oxygen atoms in total. The van der Waals surface area contributed by atoms with Crippen molar-refractivity contribution in [1.29, 1.82) is 0 Å². The normalized spacial score (nSPS) is 19.8. The standard InChI is InChI=1S/C14H19NO3S/c1-2-18-14(17)11-5-3-8-15(9-7-11)13(16)12-6-4-10-19-12/h4,6,10-11H,2-3,5,7-9H2,1H3. The molecule has 1 saturated heterocycles. The maximum Gasteiger partial charge on any atom is 0.308 e. The molecular formula is C14H19NO3S. The molecule has 19 heavy (non-hydrogen) atoms. The first kappa shape index (κ1) is 14.1. The number of esters is 1. The van der Waals surface area contributed by atoms with Gasteiger partial charge in [0.05, 0.1) is 17.4 Å². The van der Waals surface area contributed by atoms with Crippen molar-refractivity contribution in [2.45, 2.75) is 26.2 Å². The quantitative estimate of drug-likeness (QED) is 0.800. The molecular weight excluding hydrogens is 262 g/mol. The van der Waals surface area contributed by atoms with E-state index in [0.29, 0.717) is 19.6 Å². The molecule has 0 aliphatic carbocycles. The van der Waals surface area contributed by atoms with E-state index in [1.54, 1.807) is 0 Å². The van der Waals surface area contributed by atoms with Gasteiger partial charge in [0.15, 0.2) is 0 Å². The van der Waals surface area contributed by atoms with Crippen LogP contribution < -0.4 is 0 Å². The topological polar surface area (TPSA) is 46.6 Å². The molecule has 1 aliphatic heterocycles. The molecule has 1 aromatic heterocycles. The molecule has 1 aromatic rings. The molecule has 2 heterocycles. The zero-order valence-electron chi connectivity index (χ0n) is 11.1. The van der Waals surface area contributed by atoms with E-state index >= 15 is 0 Å². The largest absolute Gasteiger partial charge is 0.466 e. The number of hydrogen-bond donors (Lipinski definition) is 0. The summed E-state index contributed by atoms with van der Waals surface area (Å²) in [4.78, 5) is 26.6. The molecule has 0 spiro atoms. The van der Waals surface area contributed by atoms with Gasteiger partial charge >= 0.3 is 5.97 Å². The highest BCUT2D eigenvalue weighted by Gasteiger charge is 2.26. The van der Waals surface area contributed by atoms with Crippen LogP contribution in [0.2, 0.25) is 0 Å². The number of carbonyl (C=O) groups is 2. The van der Waals surface area contributed by atoms with E-state index in [2.05, 4.69) is 0 Å². The van der Waals surface area contributed by atoms with Gasteiger partial charge in [-0.2, -0.15) is 0 Å². The Bertz CT molecular complexity index is 430. The summed E-state index contributed by atoms with van der Waals surface area (Å²) >= 11 is 1.46. The molecule has 1 fully saturated rings. The summed E-state index contributed by atoms with van der Waals surface area (Å²) < 4.78 is 5.06. The monoisotopic (exact) mass is 281 g/mol. The van der Waals surface area contributed by atoms with Crippen LogP contribution in [0.15, 0.2) is 17.5 Å². The van der Waals surface area contributed by atoms with Crippen LogP contribution in [0, 0.1) is 5.92 Å². The van der Waals surface area contributed by atoms with Gasteiger partial charge in [0.25, 0.3) is 5.91 Å². The third kappa shape index (κ3) is 3.56. The lowest BCUT2D eigenvalue weighted by molar-refractivity contribution is -0.148. The van der Waals surface area contributed by atoms with Gasteiger partial charge in [0, 0.05) is 13.1 Å². The SMILES string of the molecule is CCOC(=O)C1CCCN(C(=O)c2cccs2)CC1. The van der Waals surface area contributed by atoms with Gasteiger partial charge < -0.3 is 9.64 Å². The average Bonchev–Trinajstić information content (AvgIpc) is 2.82. The van der Waals surface area contributed by atoms with E-state index in [1.807, 2.05) is 29.3 Å². The zero-order valence-corrected chi connectivity index (χ0v) is 11.9. The van der Waals surface area contributed by atoms with Crippen LogP contribution in [0.25, 0.3) is 0 Å². The van der Waals surface area contributed by atoms with Gasteiger partial charge in [0.2, 0.25) is 0 Å². The van der Waals surface area contributed by atoms with Crippen molar-refractivity contribution in [3.63, 3.8) is 0 Å². The van der Waals surface area contributed by atoms with Crippen molar-refractivity contribution in [3.05, 3.63) is 22.4 Å². The van der Waals surface area contributed by atoms with Gasteiger partial charge in [-0.05, 0) is 37.6 Å². The highest BCUT2D eigenvalue weighted by atomic mass is 32.1. The molecule has 0 aromatic carbocycles. The summed E-state index contributed by atoms with van der Waals surface area (Å²) in [6, 6.07) is 3.73. The number of carbonyl (C=O) groups excluding carboxylic acids is 2. The minimum atomic E-state index is -0.118. The van der Waals surface area contributed by atoms with E-state index in [9.17, 15) is 9.59 Å². The van der Waals surface area contributed by atoms with Gasteiger partial charge in [-0.15, -0.1) is 11.3 Å². The van der Waals surface area contributed by atoms with Crippen LogP contribution in [0.3, 0.4) is 0 Å². The predicted octanol–water partition coefficient (Wildman–Crippen LogP) is 2.55. The van der Waals surface area contributed by atoms with Crippen LogP contribution in [0.4, 0.5) is 0 Å². The first-order valence-corrected chi connectivity index (χ1v) is 7.59. The molecule has 2 rings (SSSR count). The van der Waals surface area contributed by atoms with E-state index in [4.69, 9.17) is 4.74 Å². The zero-order chi connectivity index (χ0) is 13.7. The van der Waals surface area contributed by atoms with Crippen LogP contribution in [0.5, 0.6) is 0 Å². The van der Waals surface area contributed by atoms with Crippen molar-refractivity contribution in [2.75, 3.05) is 19.7 Å². The number of thiophene rings is 1. The number of ether oxygens (including phenoxy) is 1. The van der Waals surface area contributed by atoms with Gasteiger partial charge in [0.1, 0.15) is 0 Å². The Morgan fingerprint density at radius 3 is 2.95 bits per heavy atom. The number of amides is 1. The summed E-state index contributed by atoms with van der Waals surface area (Å²) in [5.74, 6) is -0.0893. The molecule has 1 atom stereocenters. The fourth-order valence-corrected chi connectivity index (χ4v) is 3.04. The van der Waals surface area contributed by atoms with Gasteiger partial charge in [-0.1, -0.05) is 6.07 Å². The summed E-state index contributed by atoms with van der Waals surface area (Å²) in [5.41, 5.74) is 0. The smallest absolute Gasteiger partial charge is 0.308 e. The van der Waals surface area contributed by atoms with Crippen molar-refractivity contribution in [1.82, 2.24) is 4.90 Å². The highest BCUT2D eigenvalue weighted by molar-refractivity contribution is 7.12. The lowest BCUT2D eigenvalue weighted by Crippen LogP contribution is -2.31. The first-order chi connectivity index (χ1) is 9.22. The number of rotatable bonds is 3. The lowest BCUT2D eigenvalue weighted by atomic mass is 10.0. The van der Waals surface area contributed by atoms with Crippen LogP contribution in [0.1, 0.15) is 35.9 Å². The summed E-state index contributed by atoms with van der Waals surface area (Å²) in [6.45, 7) is 3.61. The van der Waals surface area contributed by atoms with E-state index in [-0.39, 0.29) is 17.8 Å². The minimum Gasteiger partial charge on any atom is -0.466 e. The Morgan fingerprint density at radius 1 is 1.42 bits per heavy atom. The molecule has 0 bridgehead atoms. The van der Waals surface area contributed by atoms with E-state index in [1.165, 1.54) is 11.3 Å². The van der Waals surface area contributed by atoms with Crippen molar-refractivity contribution in [3.8, 4) is 0 Å². The summed E-state index contributed by atoms with van der Waals surface area (Å²) in [6.07, 6.45) is 2.38. The van der Waals surface area contributed by atoms with Gasteiger partial charge in [-0.25, -0.2) is 0 Å². The van der Waals surface area contributed by atoms with Crippen LogP contribution in [-0.2, 0) is 9.53 Å². The van der Waals surface area contributed by atoms with E-state index < -0.39 is 0 Å². The first-order valence-electron chi connectivity index (χ1n) is 6.71. The molecule has 104 valence electrons. The fraction of sp³-hybridized carbons (Fsp3) is 0.571. The summed E-state index contributed by atoms with van der Waals surface area (Å²) in [5, 5.41) is 1.91. The Morgan fingerprint density at radius 2 is 2.26 bits per heavy atom. The summed E-state index contributed by atoms with van der Waals surface area (Å²) in [7, 11) is 0. The number of hydrogen-bond acceptors (Lipinski definition) is 4. The second kappa shape index (κ2) is 6.70. The van der Waals surface area contributed by atoms with Crippen LogP contribution >= 0.6 is 11.3 Å². The minimum absolute atomic E-state index is 0.0546. The second-order valence-electron chi connectivity index (χ2n) is 4.65. The lowest BCUT2D eigenvalue weighted by Gasteiger charge is -2.19. The Kier molecular flexibility index (Phi) is 4.96. The predicted molar refractivity (Wildman–Crippen MR) is 74.2 cm³/mol. The maximum atomic E-state index is 12.2. The highest BCUT2D eigenvalue weighted by Crippen LogP contribution is 2.21. The number of nitrogens with zero attached hydrogens (tertiary/aromatic N) is 1. The van der Waals surface area contributed by atoms with Crippen molar-refractivity contribution >= 4 is 23.2 Å². The molecule has 1 amide bonds. The Hall–Kier alpha value is -1.36. The fourth-order valence-electron chi connectivity index (χ4n) is 2.35.